The van der Waals surface area contributed by atoms with E-state index in [0.29, 0.717) is 0 Å². The molecule has 0 aliphatic heterocycles. The van der Waals surface area contributed by atoms with Gasteiger partial charge in [-0.05, 0) is 25.1 Å². The van der Waals surface area contributed by atoms with Gasteiger partial charge >= 0.3 is 0 Å². The molecule has 16 heavy (non-hydrogen) atoms. The van der Waals surface area contributed by atoms with Crippen LogP contribution in [-0.2, 0) is 9.84 Å². The van der Waals surface area contributed by atoms with Crippen LogP contribution in [0.5, 0.6) is 0 Å². The fraction of sp³-hybridized carbons (Fsp3) is 0.0769. The Bertz CT molecular complexity index is 508. The van der Waals surface area contributed by atoms with Crippen LogP contribution < -0.4 is 0 Å². The van der Waals surface area contributed by atoms with Crippen LogP contribution in [0.15, 0.2) is 71.0 Å². The van der Waals surface area contributed by atoms with Gasteiger partial charge in [0.2, 0.25) is 9.84 Å². The van der Waals surface area contributed by atoms with Gasteiger partial charge in [0.1, 0.15) is 0 Å². The Morgan fingerprint density at radius 3 is 2.38 bits per heavy atom. The van der Waals surface area contributed by atoms with Gasteiger partial charge in [-0.2, -0.15) is 0 Å². The van der Waals surface area contributed by atoms with Crippen molar-refractivity contribution < 1.29 is 8.42 Å². The van der Waals surface area contributed by atoms with E-state index in [-0.39, 0.29) is 9.80 Å². The molecule has 1 aromatic rings. The van der Waals surface area contributed by atoms with Gasteiger partial charge < -0.3 is 0 Å². The molecule has 0 saturated carbocycles. The zero-order chi connectivity index (χ0) is 12.0. The first-order chi connectivity index (χ1) is 7.62. The molecule has 3 heteroatoms. The van der Waals surface area contributed by atoms with Gasteiger partial charge in [0.25, 0.3) is 0 Å². The summed E-state index contributed by atoms with van der Waals surface area (Å²) in [5.41, 5.74) is 0. The Morgan fingerprint density at radius 2 is 1.88 bits per heavy atom. The fourth-order valence-corrected chi connectivity index (χ4v) is 2.46. The fourth-order valence-electron chi connectivity index (χ4n) is 1.19. The van der Waals surface area contributed by atoms with Crippen molar-refractivity contribution >= 4 is 9.84 Å². The average molecular weight is 234 g/mol. The van der Waals surface area contributed by atoms with Crippen molar-refractivity contribution in [1.29, 1.82) is 0 Å². The Morgan fingerprint density at radius 1 is 1.25 bits per heavy atom. The highest BCUT2D eigenvalue weighted by Gasteiger charge is 2.16. The third-order valence-corrected chi connectivity index (χ3v) is 3.83. The van der Waals surface area contributed by atoms with Crippen LogP contribution in [0.25, 0.3) is 0 Å². The predicted octanol–water partition coefficient (Wildman–Crippen LogP) is 3.11. The molecule has 0 bridgehead atoms. The van der Waals surface area contributed by atoms with E-state index < -0.39 is 9.84 Å². The summed E-state index contributed by atoms with van der Waals surface area (Å²) in [5, 5.41) is 0. The summed E-state index contributed by atoms with van der Waals surface area (Å²) >= 11 is 0. The summed E-state index contributed by atoms with van der Waals surface area (Å²) in [6.45, 7) is 5.35. The van der Waals surface area contributed by atoms with E-state index in [0.717, 1.165) is 0 Å². The molecule has 0 N–H and O–H groups in total. The summed E-state index contributed by atoms with van der Waals surface area (Å²) in [4.78, 5) is 0.488. The third-order valence-electron chi connectivity index (χ3n) is 2.02. The van der Waals surface area contributed by atoms with Gasteiger partial charge in [-0.3, -0.25) is 0 Å². The summed E-state index contributed by atoms with van der Waals surface area (Å²) in [7, 11) is -3.43. The van der Waals surface area contributed by atoms with Gasteiger partial charge in [-0.1, -0.05) is 43.0 Å². The predicted molar refractivity (Wildman–Crippen MR) is 66.7 cm³/mol. The van der Waals surface area contributed by atoms with Crippen LogP contribution in [0.2, 0.25) is 0 Å². The normalized spacial score (nSPS) is 12.9. The van der Waals surface area contributed by atoms with Gasteiger partial charge in [0, 0.05) is 0 Å². The van der Waals surface area contributed by atoms with Crippen LogP contribution in [0, 0.1) is 0 Å². The number of sulfone groups is 1. The lowest BCUT2D eigenvalue weighted by atomic mass is 10.4. The molecule has 0 radical (unpaired) electrons. The maximum Gasteiger partial charge on any atom is 0.206 e. The molecule has 0 atom stereocenters. The third kappa shape index (κ3) is 2.70. The van der Waals surface area contributed by atoms with E-state index in [9.17, 15) is 8.42 Å². The minimum absolute atomic E-state index is 0.205. The molecular formula is C13H14O2S. The second-order valence-corrected chi connectivity index (χ2v) is 5.07. The Labute approximate surface area is 96.5 Å². The van der Waals surface area contributed by atoms with Crippen molar-refractivity contribution in [1.82, 2.24) is 0 Å². The lowest BCUT2D eigenvalue weighted by Crippen LogP contribution is -2.02. The summed E-state index contributed by atoms with van der Waals surface area (Å²) < 4.78 is 24.2. The molecule has 0 aliphatic carbocycles. The van der Waals surface area contributed by atoms with E-state index in [1.165, 1.54) is 12.2 Å². The molecule has 0 spiro atoms. The molecule has 0 aromatic heterocycles. The van der Waals surface area contributed by atoms with E-state index in [2.05, 4.69) is 6.58 Å². The average Bonchev–Trinajstić information content (AvgIpc) is 2.31. The summed E-state index contributed by atoms with van der Waals surface area (Å²) in [6.07, 6.45) is 6.33. The van der Waals surface area contributed by atoms with Crippen LogP contribution in [0.4, 0.5) is 0 Å². The molecule has 0 aliphatic rings. The Balaban J connectivity index is 3.26. The highest BCUT2D eigenvalue weighted by atomic mass is 32.2. The van der Waals surface area contributed by atoms with Crippen LogP contribution in [0.1, 0.15) is 6.92 Å². The minimum atomic E-state index is -3.43. The molecule has 0 heterocycles. The molecule has 0 fully saturated rings. The minimum Gasteiger partial charge on any atom is -0.219 e. The Kier molecular flexibility index (Phi) is 4.26. The molecular weight excluding hydrogens is 220 g/mol. The monoisotopic (exact) mass is 234 g/mol. The lowest BCUT2D eigenvalue weighted by Gasteiger charge is -2.03. The van der Waals surface area contributed by atoms with E-state index >= 15 is 0 Å². The second kappa shape index (κ2) is 5.47. The van der Waals surface area contributed by atoms with E-state index in [1.807, 2.05) is 6.92 Å². The van der Waals surface area contributed by atoms with Crippen molar-refractivity contribution in [2.24, 2.45) is 0 Å². The molecule has 0 unspecified atom stereocenters. The molecule has 1 rings (SSSR count). The van der Waals surface area contributed by atoms with Crippen molar-refractivity contribution in [3.05, 3.63) is 66.1 Å². The maximum absolute atomic E-state index is 12.1. The number of hydrogen-bond donors (Lipinski definition) is 0. The number of allylic oxidation sites excluding steroid dienone is 4. The van der Waals surface area contributed by atoms with Gasteiger partial charge in [-0.15, -0.1) is 0 Å². The first-order valence-corrected chi connectivity index (χ1v) is 6.37. The van der Waals surface area contributed by atoms with Crippen LogP contribution in [-0.4, -0.2) is 8.42 Å². The largest absolute Gasteiger partial charge is 0.219 e. The quantitative estimate of drug-likeness (QED) is 0.750. The summed E-state index contributed by atoms with van der Waals surface area (Å²) in [5.74, 6) is 0. The first-order valence-electron chi connectivity index (χ1n) is 4.88. The number of hydrogen-bond acceptors (Lipinski definition) is 2. The number of benzene rings is 1. The van der Waals surface area contributed by atoms with Gasteiger partial charge in [0.05, 0.1) is 9.80 Å². The Hall–Kier alpha value is -1.61. The topological polar surface area (TPSA) is 34.1 Å². The summed E-state index contributed by atoms with van der Waals surface area (Å²) in [6, 6.07) is 8.32. The van der Waals surface area contributed by atoms with Crippen LogP contribution in [0.3, 0.4) is 0 Å². The zero-order valence-corrected chi connectivity index (χ0v) is 9.94. The van der Waals surface area contributed by atoms with Crippen molar-refractivity contribution in [2.75, 3.05) is 0 Å². The van der Waals surface area contributed by atoms with Gasteiger partial charge in [0.15, 0.2) is 0 Å². The molecule has 1 aromatic carbocycles. The molecule has 0 saturated heterocycles. The second-order valence-electron chi connectivity index (χ2n) is 3.12. The molecule has 84 valence electrons. The van der Waals surface area contributed by atoms with Crippen molar-refractivity contribution in [2.45, 2.75) is 11.8 Å². The molecule has 0 amide bonds. The zero-order valence-electron chi connectivity index (χ0n) is 9.13. The highest BCUT2D eigenvalue weighted by molar-refractivity contribution is 7.95. The van der Waals surface area contributed by atoms with E-state index in [4.69, 9.17) is 0 Å². The lowest BCUT2D eigenvalue weighted by molar-refractivity contribution is 0.603. The van der Waals surface area contributed by atoms with E-state index in [1.54, 1.807) is 42.5 Å². The number of rotatable bonds is 4. The van der Waals surface area contributed by atoms with Crippen LogP contribution >= 0.6 is 0 Å². The SMILES string of the molecule is C=C/C(=C\C=C/C)S(=O)(=O)c1ccccc1. The van der Waals surface area contributed by atoms with Crippen molar-refractivity contribution in [3.8, 4) is 0 Å². The smallest absolute Gasteiger partial charge is 0.206 e. The van der Waals surface area contributed by atoms with Crippen molar-refractivity contribution in [3.63, 3.8) is 0 Å². The standard InChI is InChI=1S/C13H14O2S/c1-3-5-9-12(4-2)16(14,15)13-10-7-6-8-11-13/h3-11H,2H2,1H3/b5-3-,12-9+. The highest BCUT2D eigenvalue weighted by Crippen LogP contribution is 2.19. The first kappa shape index (κ1) is 12.5. The molecule has 2 nitrogen and oxygen atoms in total. The maximum atomic E-state index is 12.1. The van der Waals surface area contributed by atoms with Gasteiger partial charge in [-0.25, -0.2) is 8.42 Å².